The lowest BCUT2D eigenvalue weighted by Gasteiger charge is -2.26. The van der Waals surface area contributed by atoms with Crippen molar-refractivity contribution in [2.24, 2.45) is 11.7 Å². The summed E-state index contributed by atoms with van der Waals surface area (Å²) in [6, 6.07) is 3.93. The van der Waals surface area contributed by atoms with Gasteiger partial charge in [-0.05, 0) is 25.0 Å². The maximum absolute atomic E-state index is 12.5. The summed E-state index contributed by atoms with van der Waals surface area (Å²) in [7, 11) is 0. The van der Waals surface area contributed by atoms with Gasteiger partial charge in [0.1, 0.15) is 17.6 Å². The second-order valence-electron chi connectivity index (χ2n) is 7.42. The molecule has 29 heavy (non-hydrogen) atoms. The minimum Gasteiger partial charge on any atom is -0.435 e. The normalized spacial score (nSPS) is 23.7. The van der Waals surface area contributed by atoms with Crippen molar-refractivity contribution in [1.29, 1.82) is 0 Å². The Morgan fingerprint density at radius 2 is 1.97 bits per heavy atom. The van der Waals surface area contributed by atoms with Crippen molar-refractivity contribution in [3.8, 4) is 0 Å². The van der Waals surface area contributed by atoms with Crippen LogP contribution in [0.2, 0.25) is 0 Å². The smallest absolute Gasteiger partial charge is 0.311 e. The summed E-state index contributed by atoms with van der Waals surface area (Å²) >= 11 is 0. The zero-order valence-corrected chi connectivity index (χ0v) is 16.3. The van der Waals surface area contributed by atoms with Crippen molar-refractivity contribution >= 4 is 28.9 Å². The molecule has 2 heterocycles. The highest BCUT2D eigenvalue weighted by molar-refractivity contribution is 5.90. The predicted molar refractivity (Wildman–Crippen MR) is 101 cm³/mol. The van der Waals surface area contributed by atoms with Crippen molar-refractivity contribution in [2.45, 2.75) is 51.1 Å². The Bertz CT molecular complexity index is 909. The number of fused-ring (bicyclic) bond motifs is 1. The van der Waals surface area contributed by atoms with Gasteiger partial charge in [0.05, 0.1) is 12.5 Å². The first kappa shape index (κ1) is 20.7. The van der Waals surface area contributed by atoms with Crippen LogP contribution >= 0.6 is 0 Å². The van der Waals surface area contributed by atoms with Crippen LogP contribution in [-0.4, -0.2) is 46.0 Å². The third kappa shape index (κ3) is 4.08. The molecule has 0 bridgehead atoms. The van der Waals surface area contributed by atoms with E-state index in [1.165, 1.54) is 6.92 Å². The average Bonchev–Trinajstić information content (AvgIpc) is 3.22. The van der Waals surface area contributed by atoms with Gasteiger partial charge in [-0.3, -0.25) is 14.4 Å². The van der Waals surface area contributed by atoms with E-state index in [0.29, 0.717) is 11.1 Å². The Kier molecular flexibility index (Phi) is 5.58. The number of benzene rings is 1. The molecule has 156 valence electrons. The summed E-state index contributed by atoms with van der Waals surface area (Å²) < 4.78 is 10.6. The number of nitrogens with one attached hydrogen (secondary N) is 2. The van der Waals surface area contributed by atoms with Crippen LogP contribution in [0, 0.1) is 5.92 Å². The van der Waals surface area contributed by atoms with Gasteiger partial charge in [0.2, 0.25) is 11.8 Å². The predicted octanol–water partition coefficient (Wildman–Crippen LogP) is -0.107. The third-order valence-corrected chi connectivity index (χ3v) is 4.80. The molecule has 0 spiro atoms. The number of oxazole rings is 1. The SMILES string of the molecule is CC(C)[C@@H](N)C(=O)N[C@@H](C)C(=O)N[C@@H]1CC(=O)OC1(O)c1nc2ccccc2o1. The number of ether oxygens (including phenoxy) is 1. The van der Waals surface area contributed by atoms with Gasteiger partial charge in [-0.1, -0.05) is 26.0 Å². The number of para-hydroxylation sites is 2. The van der Waals surface area contributed by atoms with Gasteiger partial charge in [0.15, 0.2) is 5.58 Å². The van der Waals surface area contributed by atoms with Gasteiger partial charge < -0.3 is 30.6 Å². The summed E-state index contributed by atoms with van der Waals surface area (Å²) in [6.07, 6.45) is -0.285. The Balaban J connectivity index is 1.75. The van der Waals surface area contributed by atoms with Gasteiger partial charge in [-0.15, -0.1) is 0 Å². The second-order valence-corrected chi connectivity index (χ2v) is 7.42. The number of esters is 1. The van der Waals surface area contributed by atoms with Crippen LogP contribution in [0.5, 0.6) is 0 Å². The topological polar surface area (TPSA) is 157 Å². The number of cyclic esters (lactones) is 1. The molecular weight excluding hydrogens is 380 g/mol. The molecule has 1 aliphatic rings. The molecule has 0 radical (unpaired) electrons. The molecule has 3 rings (SSSR count). The highest BCUT2D eigenvalue weighted by Gasteiger charge is 2.54. The fraction of sp³-hybridized carbons (Fsp3) is 0.474. The molecule has 4 atom stereocenters. The molecule has 1 fully saturated rings. The molecule has 1 aromatic heterocycles. The van der Waals surface area contributed by atoms with Crippen LogP contribution in [-0.2, 0) is 24.9 Å². The number of nitrogens with zero attached hydrogens (tertiary/aromatic N) is 1. The lowest BCUT2D eigenvalue weighted by atomic mass is 10.0. The summed E-state index contributed by atoms with van der Waals surface area (Å²) in [4.78, 5) is 40.6. The Morgan fingerprint density at radius 3 is 2.62 bits per heavy atom. The van der Waals surface area contributed by atoms with Crippen LogP contribution in [0.15, 0.2) is 28.7 Å². The van der Waals surface area contributed by atoms with Crippen molar-refractivity contribution in [2.75, 3.05) is 0 Å². The fourth-order valence-corrected chi connectivity index (χ4v) is 2.93. The first-order chi connectivity index (χ1) is 13.6. The average molecular weight is 404 g/mol. The molecule has 1 aliphatic heterocycles. The molecule has 10 nitrogen and oxygen atoms in total. The van der Waals surface area contributed by atoms with E-state index in [2.05, 4.69) is 15.6 Å². The lowest BCUT2D eigenvalue weighted by molar-refractivity contribution is -0.210. The van der Waals surface area contributed by atoms with Crippen LogP contribution in [0.1, 0.15) is 33.1 Å². The van der Waals surface area contributed by atoms with E-state index in [0.717, 1.165) is 0 Å². The molecule has 2 amide bonds. The van der Waals surface area contributed by atoms with E-state index < -0.39 is 41.7 Å². The van der Waals surface area contributed by atoms with E-state index in [1.54, 1.807) is 38.1 Å². The molecule has 0 saturated carbocycles. The molecule has 2 aromatic rings. The van der Waals surface area contributed by atoms with Crippen molar-refractivity contribution < 1.29 is 28.6 Å². The molecule has 1 aromatic carbocycles. The van der Waals surface area contributed by atoms with Crippen LogP contribution < -0.4 is 16.4 Å². The fourth-order valence-electron chi connectivity index (χ4n) is 2.93. The standard InChI is InChI=1S/C19H24N4O6/c1-9(2)15(20)17(26)21-10(3)16(25)23-13-8-14(24)29-19(13,27)18-22-11-6-4-5-7-12(11)28-18/h4-7,9-10,13,15,27H,8,20H2,1-3H3,(H,21,26)(H,23,25)/t10-,13+,15+,19?/m0/s1. The second kappa shape index (κ2) is 7.80. The van der Waals surface area contributed by atoms with Gasteiger partial charge in [0.25, 0.3) is 5.89 Å². The Hall–Kier alpha value is -2.98. The lowest BCUT2D eigenvalue weighted by Crippen LogP contribution is -2.55. The number of hydrogen-bond acceptors (Lipinski definition) is 8. The zero-order chi connectivity index (χ0) is 21.3. The maximum atomic E-state index is 12.5. The van der Waals surface area contributed by atoms with Gasteiger partial charge in [-0.2, -0.15) is 0 Å². The number of aliphatic hydroxyl groups is 1. The summed E-state index contributed by atoms with van der Waals surface area (Å²) in [6.45, 7) is 5.05. The monoisotopic (exact) mass is 404 g/mol. The summed E-state index contributed by atoms with van der Waals surface area (Å²) in [5.74, 6) is -4.42. The van der Waals surface area contributed by atoms with Crippen LogP contribution in [0.25, 0.3) is 11.1 Å². The molecule has 1 saturated heterocycles. The van der Waals surface area contributed by atoms with Gasteiger partial charge in [0, 0.05) is 0 Å². The maximum Gasteiger partial charge on any atom is 0.311 e. The summed E-state index contributed by atoms with van der Waals surface area (Å²) in [5.41, 5.74) is 6.64. The minimum atomic E-state index is -2.26. The number of aromatic nitrogens is 1. The van der Waals surface area contributed by atoms with E-state index in [9.17, 15) is 19.5 Å². The highest BCUT2D eigenvalue weighted by Crippen LogP contribution is 2.35. The largest absolute Gasteiger partial charge is 0.435 e. The van der Waals surface area contributed by atoms with Crippen molar-refractivity contribution in [3.05, 3.63) is 30.2 Å². The van der Waals surface area contributed by atoms with E-state index in [1.807, 2.05) is 0 Å². The number of hydrogen-bond donors (Lipinski definition) is 4. The Morgan fingerprint density at radius 1 is 1.28 bits per heavy atom. The van der Waals surface area contributed by atoms with E-state index >= 15 is 0 Å². The molecule has 0 aliphatic carbocycles. The molecule has 1 unspecified atom stereocenters. The van der Waals surface area contributed by atoms with Gasteiger partial charge in [-0.25, -0.2) is 4.98 Å². The number of rotatable bonds is 6. The van der Waals surface area contributed by atoms with Crippen LogP contribution in [0.4, 0.5) is 0 Å². The van der Waals surface area contributed by atoms with Gasteiger partial charge >= 0.3 is 11.8 Å². The third-order valence-electron chi connectivity index (χ3n) is 4.80. The highest BCUT2D eigenvalue weighted by atomic mass is 16.7. The van der Waals surface area contributed by atoms with Crippen LogP contribution in [0.3, 0.4) is 0 Å². The number of carbonyl (C=O) groups is 3. The summed E-state index contributed by atoms with van der Waals surface area (Å²) in [5, 5.41) is 16.0. The zero-order valence-electron chi connectivity index (χ0n) is 16.3. The van der Waals surface area contributed by atoms with E-state index in [4.69, 9.17) is 14.9 Å². The molecular formula is C19H24N4O6. The molecule has 10 heteroatoms. The van der Waals surface area contributed by atoms with Crippen molar-refractivity contribution in [1.82, 2.24) is 15.6 Å². The quantitative estimate of drug-likeness (QED) is 0.486. The first-order valence-corrected chi connectivity index (χ1v) is 9.28. The number of carbonyl (C=O) groups excluding carboxylic acids is 3. The number of amides is 2. The van der Waals surface area contributed by atoms with E-state index in [-0.39, 0.29) is 18.2 Å². The minimum absolute atomic E-state index is 0.102. The molecule has 5 N–H and O–H groups in total. The Labute approximate surface area is 166 Å². The number of nitrogens with two attached hydrogens (primary N) is 1. The van der Waals surface area contributed by atoms with Crippen molar-refractivity contribution in [3.63, 3.8) is 0 Å². The first-order valence-electron chi connectivity index (χ1n) is 9.28.